The van der Waals surface area contributed by atoms with E-state index >= 15 is 0 Å². The van der Waals surface area contributed by atoms with E-state index < -0.39 is 20.8 Å². The summed E-state index contributed by atoms with van der Waals surface area (Å²) in [6, 6.07) is 8.62. The molecule has 2 heterocycles. The van der Waals surface area contributed by atoms with Gasteiger partial charge in [-0.05, 0) is 31.5 Å². The predicted octanol–water partition coefficient (Wildman–Crippen LogP) is 2.97. The Morgan fingerprint density at radius 1 is 1.15 bits per heavy atom. The summed E-state index contributed by atoms with van der Waals surface area (Å²) in [7, 11) is -3.76. The molecule has 3 rings (SSSR count). The molecule has 0 saturated carbocycles. The first kappa shape index (κ1) is 18.2. The van der Waals surface area contributed by atoms with Crippen molar-refractivity contribution >= 4 is 20.9 Å². The number of fused-ring (bicyclic) bond motifs is 1. The molecule has 0 fully saturated rings. The van der Waals surface area contributed by atoms with Crippen molar-refractivity contribution in [1.29, 1.82) is 0 Å². The molecule has 0 aliphatic carbocycles. The van der Waals surface area contributed by atoms with Gasteiger partial charge in [-0.25, -0.2) is 17.8 Å². The van der Waals surface area contributed by atoms with Crippen molar-refractivity contribution in [2.24, 2.45) is 0 Å². The Balaban J connectivity index is 2.53. The average molecular weight is 375 g/mol. The van der Waals surface area contributed by atoms with Crippen LogP contribution in [0.1, 0.15) is 26.3 Å². The fraction of sp³-hybridized carbons (Fsp3) is 0.278. The van der Waals surface area contributed by atoms with Gasteiger partial charge in [0.25, 0.3) is 5.56 Å². The lowest BCUT2D eigenvalue weighted by Crippen LogP contribution is -2.24. The smallest absolute Gasteiger partial charge is 0.252 e. The zero-order valence-corrected chi connectivity index (χ0v) is 15.4. The summed E-state index contributed by atoms with van der Waals surface area (Å²) in [6.07, 6.45) is 1.63. The Kier molecular flexibility index (Phi) is 4.62. The molecule has 6 nitrogen and oxygen atoms in total. The third-order valence-electron chi connectivity index (χ3n) is 4.26. The third-order valence-corrected chi connectivity index (χ3v) is 5.10. The van der Waals surface area contributed by atoms with Crippen molar-refractivity contribution in [2.45, 2.75) is 31.5 Å². The van der Waals surface area contributed by atoms with E-state index in [1.165, 1.54) is 34.9 Å². The van der Waals surface area contributed by atoms with Crippen LogP contribution < -0.4 is 5.56 Å². The van der Waals surface area contributed by atoms with Gasteiger partial charge in [-0.3, -0.25) is 9.36 Å². The molecule has 0 spiro atoms. The SMILES string of the molecule is CC[C@H](C)n1c(=O)ccc2c(-c3ccccc3F)nc(S(C)(=O)=O)nc21. The van der Waals surface area contributed by atoms with Crippen LogP contribution in [0.25, 0.3) is 22.3 Å². The number of sulfone groups is 1. The fourth-order valence-electron chi connectivity index (χ4n) is 2.75. The quantitative estimate of drug-likeness (QED) is 0.655. The molecule has 0 N–H and O–H groups in total. The molecule has 0 saturated heterocycles. The molecule has 136 valence electrons. The van der Waals surface area contributed by atoms with Gasteiger partial charge in [-0.15, -0.1) is 0 Å². The highest BCUT2D eigenvalue weighted by Gasteiger charge is 2.21. The number of rotatable bonds is 4. The van der Waals surface area contributed by atoms with E-state index in [0.29, 0.717) is 11.8 Å². The lowest BCUT2D eigenvalue weighted by atomic mass is 10.1. The Bertz CT molecular complexity index is 1160. The van der Waals surface area contributed by atoms with Gasteiger partial charge in [0.2, 0.25) is 15.0 Å². The van der Waals surface area contributed by atoms with Crippen LogP contribution in [-0.4, -0.2) is 29.2 Å². The van der Waals surface area contributed by atoms with E-state index in [0.717, 1.165) is 6.26 Å². The standard InChI is InChI=1S/C18H18FN3O3S/c1-4-11(2)22-15(23)10-9-13-16(12-7-5-6-8-14(12)19)20-18(21-17(13)22)26(3,24)25/h5-11H,4H2,1-3H3/t11-/m0/s1. The summed E-state index contributed by atoms with van der Waals surface area (Å²) in [6.45, 7) is 3.75. The van der Waals surface area contributed by atoms with Crippen LogP contribution in [-0.2, 0) is 9.84 Å². The van der Waals surface area contributed by atoms with Crippen LogP contribution in [0.3, 0.4) is 0 Å². The summed E-state index contributed by atoms with van der Waals surface area (Å²) in [5, 5.41) is -0.0201. The van der Waals surface area contributed by atoms with Crippen LogP contribution in [0.4, 0.5) is 4.39 Å². The van der Waals surface area contributed by atoms with E-state index in [9.17, 15) is 17.6 Å². The second-order valence-corrected chi connectivity index (χ2v) is 8.05. The molecular weight excluding hydrogens is 357 g/mol. The molecule has 0 amide bonds. The highest BCUT2D eigenvalue weighted by Crippen LogP contribution is 2.29. The first-order valence-electron chi connectivity index (χ1n) is 8.12. The summed E-state index contributed by atoms with van der Waals surface area (Å²) in [5.74, 6) is -0.534. The van der Waals surface area contributed by atoms with Crippen molar-refractivity contribution in [3.05, 3.63) is 52.6 Å². The lowest BCUT2D eigenvalue weighted by Gasteiger charge is -2.17. The van der Waals surface area contributed by atoms with Gasteiger partial charge in [0.05, 0.1) is 5.69 Å². The summed E-state index contributed by atoms with van der Waals surface area (Å²) in [5.41, 5.74) is 0.176. The van der Waals surface area contributed by atoms with E-state index in [2.05, 4.69) is 9.97 Å². The summed E-state index contributed by atoms with van der Waals surface area (Å²) >= 11 is 0. The van der Waals surface area contributed by atoms with E-state index in [-0.39, 0.29) is 28.5 Å². The maximum Gasteiger partial charge on any atom is 0.252 e. The van der Waals surface area contributed by atoms with Gasteiger partial charge in [0, 0.05) is 29.3 Å². The van der Waals surface area contributed by atoms with Crippen molar-refractivity contribution < 1.29 is 12.8 Å². The van der Waals surface area contributed by atoms with Crippen molar-refractivity contribution in [3.8, 4) is 11.3 Å². The second-order valence-electron chi connectivity index (χ2n) is 6.14. The molecule has 0 unspecified atom stereocenters. The van der Waals surface area contributed by atoms with Crippen molar-refractivity contribution in [2.75, 3.05) is 6.26 Å². The Hall–Kier alpha value is -2.61. The molecule has 26 heavy (non-hydrogen) atoms. The first-order valence-corrected chi connectivity index (χ1v) is 10.0. The molecule has 1 aromatic carbocycles. The predicted molar refractivity (Wildman–Crippen MR) is 97.3 cm³/mol. The maximum absolute atomic E-state index is 14.4. The number of benzene rings is 1. The largest absolute Gasteiger partial charge is 0.290 e. The number of halogens is 1. The molecule has 0 aliphatic rings. The van der Waals surface area contributed by atoms with Crippen LogP contribution in [0.2, 0.25) is 0 Å². The van der Waals surface area contributed by atoms with Gasteiger partial charge in [-0.2, -0.15) is 4.98 Å². The minimum absolute atomic E-state index is 0.144. The number of pyridine rings is 1. The van der Waals surface area contributed by atoms with Crippen molar-refractivity contribution in [3.63, 3.8) is 0 Å². The van der Waals surface area contributed by atoms with Gasteiger partial charge >= 0.3 is 0 Å². The number of hydrogen-bond donors (Lipinski definition) is 0. The van der Waals surface area contributed by atoms with Crippen LogP contribution in [0.15, 0.2) is 46.3 Å². The molecular formula is C18H18FN3O3S. The normalized spacial score (nSPS) is 13.1. The molecule has 0 bridgehead atoms. The molecule has 0 aliphatic heterocycles. The Morgan fingerprint density at radius 2 is 1.85 bits per heavy atom. The van der Waals surface area contributed by atoms with Gasteiger partial charge < -0.3 is 0 Å². The number of aromatic nitrogens is 3. The Morgan fingerprint density at radius 3 is 2.46 bits per heavy atom. The minimum Gasteiger partial charge on any atom is -0.290 e. The summed E-state index contributed by atoms with van der Waals surface area (Å²) in [4.78, 5) is 20.6. The van der Waals surface area contributed by atoms with Gasteiger partial charge in [0.1, 0.15) is 11.5 Å². The van der Waals surface area contributed by atoms with Crippen LogP contribution in [0, 0.1) is 5.82 Å². The van der Waals surface area contributed by atoms with Crippen molar-refractivity contribution in [1.82, 2.24) is 14.5 Å². The first-order chi connectivity index (χ1) is 12.2. The van der Waals surface area contributed by atoms with Crippen LogP contribution >= 0.6 is 0 Å². The second kappa shape index (κ2) is 6.60. The molecule has 2 aromatic heterocycles. The lowest BCUT2D eigenvalue weighted by molar-refractivity contribution is 0.525. The zero-order chi connectivity index (χ0) is 19.1. The Labute approximate surface area is 150 Å². The number of hydrogen-bond acceptors (Lipinski definition) is 5. The highest BCUT2D eigenvalue weighted by atomic mass is 32.2. The monoisotopic (exact) mass is 375 g/mol. The summed E-state index contributed by atoms with van der Waals surface area (Å²) < 4.78 is 39.9. The maximum atomic E-state index is 14.4. The highest BCUT2D eigenvalue weighted by molar-refractivity contribution is 7.90. The third kappa shape index (κ3) is 3.12. The zero-order valence-electron chi connectivity index (χ0n) is 14.6. The van der Waals surface area contributed by atoms with E-state index in [4.69, 9.17) is 0 Å². The minimum atomic E-state index is -3.76. The fourth-order valence-corrected chi connectivity index (χ4v) is 3.26. The number of nitrogens with zero attached hydrogens (tertiary/aromatic N) is 3. The molecule has 0 radical (unpaired) electrons. The topological polar surface area (TPSA) is 81.9 Å². The van der Waals surface area contributed by atoms with E-state index in [1.807, 2.05) is 13.8 Å². The molecule has 3 aromatic rings. The van der Waals surface area contributed by atoms with E-state index in [1.54, 1.807) is 6.07 Å². The molecule has 1 atom stereocenters. The van der Waals surface area contributed by atoms with Crippen LogP contribution in [0.5, 0.6) is 0 Å². The molecule has 8 heteroatoms. The average Bonchev–Trinajstić information content (AvgIpc) is 2.59. The van der Waals surface area contributed by atoms with Gasteiger partial charge in [0.15, 0.2) is 0 Å². The van der Waals surface area contributed by atoms with Gasteiger partial charge in [-0.1, -0.05) is 19.1 Å².